The van der Waals surface area contributed by atoms with Gasteiger partial charge in [-0.05, 0) is 41.3 Å². The van der Waals surface area contributed by atoms with Gasteiger partial charge >= 0.3 is 6.03 Å². The second kappa shape index (κ2) is 10.2. The molecule has 1 aromatic heterocycles. The minimum Gasteiger partial charge on any atom is -0.343 e. The van der Waals surface area contributed by atoms with Crippen molar-refractivity contribution in [3.05, 3.63) is 30.3 Å². The summed E-state index contributed by atoms with van der Waals surface area (Å²) in [6.07, 6.45) is 4.13. The summed E-state index contributed by atoms with van der Waals surface area (Å²) < 4.78 is 1.74. The summed E-state index contributed by atoms with van der Waals surface area (Å²) in [5.41, 5.74) is 0.914. The van der Waals surface area contributed by atoms with Crippen LogP contribution in [0.5, 0.6) is 0 Å². The van der Waals surface area contributed by atoms with E-state index >= 15 is 0 Å². The number of aromatic nitrogens is 4. The maximum atomic E-state index is 12.9. The number of carbonyl (C=O) groups excluding carboxylic acids is 2. The molecule has 5 rings (SSSR count). The van der Waals surface area contributed by atoms with Gasteiger partial charge in [-0.3, -0.25) is 10.1 Å². The molecule has 35 heavy (non-hydrogen) atoms. The highest BCUT2D eigenvalue weighted by Gasteiger charge is 2.49. The molecule has 3 aliphatic rings. The summed E-state index contributed by atoms with van der Waals surface area (Å²) in [6.45, 7) is 4.64. The Kier molecular flexibility index (Phi) is 6.89. The Labute approximate surface area is 208 Å². The summed E-state index contributed by atoms with van der Waals surface area (Å²) in [4.78, 5) is 36.1. The molecule has 2 aromatic rings. The molecule has 2 saturated heterocycles. The largest absolute Gasteiger partial charge is 0.343 e. The third kappa shape index (κ3) is 4.84. The number of nitrogens with one attached hydrogen (secondary N) is 1. The quantitative estimate of drug-likeness (QED) is 0.602. The Morgan fingerprint density at radius 1 is 1.11 bits per heavy atom. The molecule has 3 unspecified atom stereocenters. The molecule has 0 bridgehead atoms. The standard InChI is InChI=1S/C23H31N9O2S/c1-16(15-35-23-26-27-28-32(23)17-10-6-5-7-11-17)14-31-18-19(29(2)22(34)25-20(18)33)24-21(31)30-12-8-3-4-9-13-30/h5-7,10-11,16,18-19H,3-4,8-9,12-15H2,1-2H3,(H,25,33,34). The van der Waals surface area contributed by atoms with E-state index in [-0.39, 0.29) is 11.8 Å². The number of fused-ring (bicyclic) bond motifs is 1. The zero-order valence-electron chi connectivity index (χ0n) is 20.1. The van der Waals surface area contributed by atoms with Crippen LogP contribution in [0.15, 0.2) is 40.5 Å². The molecule has 12 heteroatoms. The Morgan fingerprint density at radius 3 is 2.60 bits per heavy atom. The number of aliphatic imine (C=N–C) groups is 1. The molecule has 0 saturated carbocycles. The van der Waals surface area contributed by atoms with Crippen LogP contribution in [0.2, 0.25) is 0 Å². The first-order valence-corrected chi connectivity index (χ1v) is 13.1. The lowest BCUT2D eigenvalue weighted by atomic mass is 10.1. The maximum Gasteiger partial charge on any atom is 0.325 e. The van der Waals surface area contributed by atoms with Gasteiger partial charge in [0, 0.05) is 32.4 Å². The van der Waals surface area contributed by atoms with Gasteiger partial charge in [0.2, 0.25) is 5.16 Å². The number of carbonyl (C=O) groups is 2. The Balaban J connectivity index is 1.31. The smallest absolute Gasteiger partial charge is 0.325 e. The van der Waals surface area contributed by atoms with E-state index in [0.717, 1.165) is 48.5 Å². The van der Waals surface area contributed by atoms with Crippen LogP contribution in [0.3, 0.4) is 0 Å². The van der Waals surface area contributed by atoms with Crippen molar-refractivity contribution in [2.24, 2.45) is 10.9 Å². The van der Waals surface area contributed by atoms with E-state index < -0.39 is 18.2 Å². The predicted molar refractivity (Wildman–Crippen MR) is 132 cm³/mol. The van der Waals surface area contributed by atoms with Crippen LogP contribution >= 0.6 is 11.8 Å². The van der Waals surface area contributed by atoms with E-state index in [2.05, 4.69) is 37.6 Å². The molecule has 186 valence electrons. The van der Waals surface area contributed by atoms with E-state index in [0.29, 0.717) is 6.54 Å². The van der Waals surface area contributed by atoms with Crippen molar-refractivity contribution in [3.63, 3.8) is 0 Å². The molecule has 0 radical (unpaired) electrons. The third-order valence-corrected chi connectivity index (χ3v) is 7.92. The predicted octanol–water partition coefficient (Wildman–Crippen LogP) is 1.81. The minimum absolute atomic E-state index is 0.215. The summed E-state index contributed by atoms with van der Waals surface area (Å²) >= 11 is 1.59. The fraction of sp³-hybridized carbons (Fsp3) is 0.565. The van der Waals surface area contributed by atoms with Crippen LogP contribution in [-0.2, 0) is 4.79 Å². The summed E-state index contributed by atoms with van der Waals surface area (Å²) in [7, 11) is 1.70. The molecule has 0 spiro atoms. The second-order valence-electron chi connectivity index (χ2n) is 9.37. The van der Waals surface area contributed by atoms with Gasteiger partial charge in [0.05, 0.1) is 5.69 Å². The van der Waals surface area contributed by atoms with Crippen molar-refractivity contribution >= 4 is 29.7 Å². The van der Waals surface area contributed by atoms with Gasteiger partial charge in [-0.15, -0.1) is 5.10 Å². The number of guanidine groups is 1. The van der Waals surface area contributed by atoms with Crippen LogP contribution in [0.4, 0.5) is 4.79 Å². The van der Waals surface area contributed by atoms with Crippen LogP contribution in [0.25, 0.3) is 5.69 Å². The third-order valence-electron chi connectivity index (χ3n) is 6.67. The number of thioether (sulfide) groups is 1. The van der Waals surface area contributed by atoms with E-state index in [4.69, 9.17) is 4.99 Å². The molecule has 11 nitrogen and oxygen atoms in total. The number of benzene rings is 1. The molecule has 1 aromatic carbocycles. The molecule has 2 fully saturated rings. The summed E-state index contributed by atoms with van der Waals surface area (Å²) in [5.74, 6) is 1.54. The van der Waals surface area contributed by atoms with Crippen molar-refractivity contribution in [2.45, 2.75) is 50.0 Å². The van der Waals surface area contributed by atoms with Crippen LogP contribution in [0.1, 0.15) is 32.6 Å². The number of urea groups is 1. The zero-order valence-corrected chi connectivity index (χ0v) is 20.9. The van der Waals surface area contributed by atoms with Crippen LogP contribution in [0, 0.1) is 5.92 Å². The number of likely N-dealkylation sites (tertiary alicyclic amines) is 1. The van der Waals surface area contributed by atoms with Gasteiger partial charge < -0.3 is 14.7 Å². The molecule has 3 atom stereocenters. The number of tetrazole rings is 1. The van der Waals surface area contributed by atoms with Crippen molar-refractivity contribution < 1.29 is 9.59 Å². The number of hydrogen-bond acceptors (Lipinski definition) is 9. The normalized spacial score (nSPS) is 23.6. The molecule has 4 heterocycles. The van der Waals surface area contributed by atoms with Gasteiger partial charge in [0.15, 0.2) is 18.2 Å². The van der Waals surface area contributed by atoms with Gasteiger partial charge in [-0.2, -0.15) is 4.68 Å². The number of amides is 3. The maximum absolute atomic E-state index is 12.9. The summed E-state index contributed by atoms with van der Waals surface area (Å²) in [5, 5.41) is 15.4. The first-order valence-electron chi connectivity index (χ1n) is 12.2. The SMILES string of the molecule is CC(CSc1nnnn1-c1ccccc1)CN1C(N2CCCCCC2)=NC2C1C(=O)NC(=O)N2C. The van der Waals surface area contributed by atoms with Gasteiger partial charge in [0.1, 0.15) is 0 Å². The summed E-state index contributed by atoms with van der Waals surface area (Å²) in [6, 6.07) is 8.90. The van der Waals surface area contributed by atoms with Crippen molar-refractivity contribution in [1.82, 2.24) is 40.2 Å². The number of likely N-dealkylation sites (N-methyl/N-ethyl adjacent to an activating group) is 1. The molecular formula is C23H31N9O2S. The highest BCUT2D eigenvalue weighted by Crippen LogP contribution is 2.29. The Hall–Kier alpha value is -3.15. The first-order chi connectivity index (χ1) is 17.0. The lowest BCUT2D eigenvalue weighted by Gasteiger charge is -2.38. The van der Waals surface area contributed by atoms with Crippen LogP contribution < -0.4 is 5.32 Å². The first kappa shape index (κ1) is 23.6. The lowest BCUT2D eigenvalue weighted by Crippen LogP contribution is -2.64. The molecular weight excluding hydrogens is 466 g/mol. The van der Waals surface area contributed by atoms with E-state index in [1.165, 1.54) is 17.7 Å². The van der Waals surface area contributed by atoms with E-state index in [1.54, 1.807) is 23.5 Å². The van der Waals surface area contributed by atoms with Crippen molar-refractivity contribution in [2.75, 3.05) is 32.4 Å². The fourth-order valence-corrected chi connectivity index (χ4v) is 5.74. The highest BCUT2D eigenvalue weighted by molar-refractivity contribution is 7.99. The monoisotopic (exact) mass is 497 g/mol. The minimum atomic E-state index is -0.516. The fourth-order valence-electron chi connectivity index (χ4n) is 4.85. The molecule has 0 aliphatic carbocycles. The average Bonchev–Trinajstić information content (AvgIpc) is 3.38. The van der Waals surface area contributed by atoms with Gasteiger partial charge in [-0.25, -0.2) is 9.79 Å². The number of hydrogen-bond donors (Lipinski definition) is 1. The molecule has 3 amide bonds. The van der Waals surface area contributed by atoms with Crippen molar-refractivity contribution in [1.29, 1.82) is 0 Å². The lowest BCUT2D eigenvalue weighted by molar-refractivity contribution is -0.127. The Bertz CT molecular complexity index is 1080. The van der Waals surface area contributed by atoms with E-state index in [9.17, 15) is 9.59 Å². The topological polar surface area (TPSA) is 112 Å². The number of para-hydroxylation sites is 1. The highest BCUT2D eigenvalue weighted by atomic mass is 32.2. The molecule has 1 N–H and O–H groups in total. The average molecular weight is 498 g/mol. The number of rotatable bonds is 6. The van der Waals surface area contributed by atoms with Crippen molar-refractivity contribution in [3.8, 4) is 5.69 Å². The Morgan fingerprint density at radius 2 is 1.86 bits per heavy atom. The molecule has 3 aliphatic heterocycles. The van der Waals surface area contributed by atoms with E-state index in [1.807, 2.05) is 30.3 Å². The zero-order chi connectivity index (χ0) is 24.4. The number of nitrogens with zero attached hydrogens (tertiary/aromatic N) is 8. The number of imide groups is 1. The van der Waals surface area contributed by atoms with Gasteiger partial charge in [-0.1, -0.05) is 49.7 Å². The van der Waals surface area contributed by atoms with Crippen LogP contribution in [-0.4, -0.2) is 97.4 Å². The van der Waals surface area contributed by atoms with Gasteiger partial charge in [0.25, 0.3) is 5.91 Å². The second-order valence-corrected chi connectivity index (χ2v) is 10.4.